The number of ether oxygens (including phenoxy) is 1. The molecule has 26 heavy (non-hydrogen) atoms. The van der Waals surface area contributed by atoms with Gasteiger partial charge in [0.15, 0.2) is 0 Å². The van der Waals surface area contributed by atoms with Gasteiger partial charge in [-0.2, -0.15) is 0 Å². The van der Waals surface area contributed by atoms with Crippen LogP contribution < -0.4 is 16.0 Å². The highest BCUT2D eigenvalue weighted by atomic mass is 32.2. The zero-order valence-corrected chi connectivity index (χ0v) is 15.5. The molecular formula is C18H23N3O4S. The number of fused-ring (bicyclic) bond motifs is 1. The van der Waals surface area contributed by atoms with Gasteiger partial charge in [-0.1, -0.05) is 0 Å². The summed E-state index contributed by atoms with van der Waals surface area (Å²) in [5.41, 5.74) is 1.10. The molecule has 8 heteroatoms. The molecule has 1 fully saturated rings. The molecule has 2 aliphatic rings. The molecule has 0 radical (unpaired) electrons. The number of amides is 3. The first-order valence-corrected chi connectivity index (χ1v) is 9.85. The van der Waals surface area contributed by atoms with Gasteiger partial charge in [0.25, 0.3) is 0 Å². The van der Waals surface area contributed by atoms with Crippen molar-refractivity contribution in [1.29, 1.82) is 0 Å². The number of nitrogens with one attached hydrogen (secondary N) is 3. The van der Waals surface area contributed by atoms with E-state index in [1.54, 1.807) is 12.1 Å². The summed E-state index contributed by atoms with van der Waals surface area (Å²) in [7, 11) is 0. The van der Waals surface area contributed by atoms with E-state index in [4.69, 9.17) is 4.74 Å². The third-order valence-corrected chi connectivity index (χ3v) is 5.54. The summed E-state index contributed by atoms with van der Waals surface area (Å²) in [4.78, 5) is 36.4. The fraction of sp³-hybridized carbons (Fsp3) is 0.500. The maximum Gasteiger partial charge on any atom is 0.338 e. The standard InChI is InChI=1S/C18H23N3O4S/c1-2-19-18(24)20-12-4-6-13(7-5-12)25-17(23)11-3-8-15-14(9-11)21-16(22)10-26-15/h3,8-9,12-13H,2,4-7,10H2,1H3,(H,21,22)(H2,19,20,24). The molecular weight excluding hydrogens is 354 g/mol. The summed E-state index contributed by atoms with van der Waals surface area (Å²) in [6, 6.07) is 5.20. The highest BCUT2D eigenvalue weighted by molar-refractivity contribution is 8.00. The van der Waals surface area contributed by atoms with E-state index in [0.717, 1.165) is 30.6 Å². The van der Waals surface area contributed by atoms with Crippen molar-refractivity contribution in [2.45, 2.75) is 49.6 Å². The van der Waals surface area contributed by atoms with E-state index < -0.39 is 0 Å². The number of esters is 1. The van der Waals surface area contributed by atoms with Gasteiger partial charge in [0, 0.05) is 17.5 Å². The molecule has 3 amide bonds. The highest BCUT2D eigenvalue weighted by Crippen LogP contribution is 2.32. The van der Waals surface area contributed by atoms with Crippen LogP contribution in [0.25, 0.3) is 0 Å². The molecule has 0 aromatic heterocycles. The third-order valence-electron chi connectivity index (χ3n) is 4.47. The average Bonchev–Trinajstić information content (AvgIpc) is 2.63. The maximum atomic E-state index is 12.4. The van der Waals surface area contributed by atoms with Gasteiger partial charge in [0.1, 0.15) is 6.10 Å². The van der Waals surface area contributed by atoms with E-state index in [2.05, 4.69) is 16.0 Å². The molecule has 0 bridgehead atoms. The second kappa shape index (κ2) is 8.44. The molecule has 3 rings (SSSR count). The minimum absolute atomic E-state index is 0.0639. The lowest BCUT2D eigenvalue weighted by molar-refractivity contribution is -0.113. The van der Waals surface area contributed by atoms with E-state index in [0.29, 0.717) is 23.5 Å². The molecule has 1 aromatic carbocycles. The van der Waals surface area contributed by atoms with Crippen molar-refractivity contribution in [3.8, 4) is 0 Å². The Morgan fingerprint density at radius 1 is 1.27 bits per heavy atom. The molecule has 3 N–H and O–H groups in total. The summed E-state index contributed by atoms with van der Waals surface area (Å²) < 4.78 is 5.61. The number of hydrogen-bond donors (Lipinski definition) is 3. The molecule has 0 unspecified atom stereocenters. The Hall–Kier alpha value is -2.22. The third kappa shape index (κ3) is 4.69. The first kappa shape index (κ1) is 18.6. The molecule has 1 aliphatic heterocycles. The number of rotatable bonds is 4. The highest BCUT2D eigenvalue weighted by Gasteiger charge is 2.26. The molecule has 1 aromatic rings. The predicted molar refractivity (Wildman–Crippen MR) is 99.5 cm³/mol. The molecule has 140 valence electrons. The summed E-state index contributed by atoms with van der Waals surface area (Å²) in [6.07, 6.45) is 2.87. The van der Waals surface area contributed by atoms with Crippen molar-refractivity contribution in [2.24, 2.45) is 0 Å². The van der Waals surface area contributed by atoms with Crippen LogP contribution in [0.1, 0.15) is 43.0 Å². The Morgan fingerprint density at radius 2 is 2.04 bits per heavy atom. The van der Waals surface area contributed by atoms with Gasteiger partial charge in [-0.3, -0.25) is 4.79 Å². The number of carbonyl (C=O) groups excluding carboxylic acids is 3. The van der Waals surface area contributed by atoms with Gasteiger partial charge in [0.05, 0.1) is 17.0 Å². The quantitative estimate of drug-likeness (QED) is 0.701. The van der Waals surface area contributed by atoms with E-state index in [-0.39, 0.29) is 30.1 Å². The molecule has 0 saturated heterocycles. The molecule has 7 nitrogen and oxygen atoms in total. The smallest absolute Gasteiger partial charge is 0.338 e. The molecule has 1 heterocycles. The summed E-state index contributed by atoms with van der Waals surface area (Å²) in [6.45, 7) is 2.47. The van der Waals surface area contributed by atoms with Gasteiger partial charge in [-0.05, 0) is 50.8 Å². The summed E-state index contributed by atoms with van der Waals surface area (Å²) >= 11 is 1.46. The number of benzene rings is 1. The fourth-order valence-corrected chi connectivity index (χ4v) is 3.94. The summed E-state index contributed by atoms with van der Waals surface area (Å²) in [5.74, 6) is -0.0478. The van der Waals surface area contributed by atoms with Crippen LogP contribution in [-0.2, 0) is 9.53 Å². The van der Waals surface area contributed by atoms with Crippen molar-refractivity contribution in [1.82, 2.24) is 10.6 Å². The molecule has 1 saturated carbocycles. The SMILES string of the molecule is CCNC(=O)NC1CCC(OC(=O)c2ccc3c(c2)NC(=O)CS3)CC1. The first-order chi connectivity index (χ1) is 12.5. The van der Waals surface area contributed by atoms with Crippen LogP contribution in [0.3, 0.4) is 0 Å². The minimum atomic E-state index is -0.377. The van der Waals surface area contributed by atoms with Crippen molar-refractivity contribution in [3.63, 3.8) is 0 Å². The van der Waals surface area contributed by atoms with E-state index in [1.807, 2.05) is 13.0 Å². The van der Waals surface area contributed by atoms with Crippen molar-refractivity contribution >= 4 is 35.4 Å². The lowest BCUT2D eigenvalue weighted by Crippen LogP contribution is -2.44. The van der Waals surface area contributed by atoms with Crippen LogP contribution in [0, 0.1) is 0 Å². The zero-order valence-electron chi connectivity index (χ0n) is 14.7. The average molecular weight is 377 g/mol. The normalized spacial score (nSPS) is 22.0. The van der Waals surface area contributed by atoms with Crippen molar-refractivity contribution in [2.75, 3.05) is 17.6 Å². The lowest BCUT2D eigenvalue weighted by Gasteiger charge is -2.29. The Bertz CT molecular complexity index is 702. The van der Waals surface area contributed by atoms with Gasteiger partial charge in [-0.25, -0.2) is 9.59 Å². The Labute approximate surface area is 156 Å². The topological polar surface area (TPSA) is 96.5 Å². The first-order valence-electron chi connectivity index (χ1n) is 8.87. The number of carbonyl (C=O) groups is 3. The van der Waals surface area contributed by atoms with Crippen LogP contribution >= 0.6 is 11.8 Å². The van der Waals surface area contributed by atoms with Gasteiger partial charge >= 0.3 is 12.0 Å². The molecule has 0 spiro atoms. The number of thioether (sulfide) groups is 1. The molecule has 0 atom stereocenters. The van der Waals surface area contributed by atoms with E-state index in [9.17, 15) is 14.4 Å². The van der Waals surface area contributed by atoms with Crippen LogP contribution in [0.15, 0.2) is 23.1 Å². The maximum absolute atomic E-state index is 12.4. The zero-order chi connectivity index (χ0) is 18.5. The van der Waals surface area contributed by atoms with Gasteiger partial charge < -0.3 is 20.7 Å². The van der Waals surface area contributed by atoms with E-state index >= 15 is 0 Å². The van der Waals surface area contributed by atoms with Crippen molar-refractivity contribution in [3.05, 3.63) is 23.8 Å². The Balaban J connectivity index is 1.51. The number of anilines is 1. The van der Waals surface area contributed by atoms with Gasteiger partial charge in [0.2, 0.25) is 5.91 Å². The largest absolute Gasteiger partial charge is 0.459 e. The van der Waals surface area contributed by atoms with E-state index in [1.165, 1.54) is 11.8 Å². The second-order valence-corrected chi connectivity index (χ2v) is 7.45. The second-order valence-electron chi connectivity index (χ2n) is 6.43. The fourth-order valence-electron chi connectivity index (χ4n) is 3.15. The lowest BCUT2D eigenvalue weighted by atomic mass is 9.93. The summed E-state index contributed by atoms with van der Waals surface area (Å²) in [5, 5.41) is 8.43. The van der Waals surface area contributed by atoms with Crippen molar-refractivity contribution < 1.29 is 19.1 Å². The number of urea groups is 1. The monoisotopic (exact) mass is 377 g/mol. The predicted octanol–water partition coefficient (Wildman–Crippen LogP) is 2.52. The Kier molecular flexibility index (Phi) is 6.03. The Morgan fingerprint density at radius 3 is 2.77 bits per heavy atom. The molecule has 1 aliphatic carbocycles. The number of hydrogen-bond acceptors (Lipinski definition) is 5. The minimum Gasteiger partial charge on any atom is -0.459 e. The van der Waals surface area contributed by atoms with Gasteiger partial charge in [-0.15, -0.1) is 11.8 Å². The van der Waals surface area contributed by atoms with Crippen LogP contribution in [-0.4, -0.2) is 42.4 Å². The van der Waals surface area contributed by atoms with Crippen LogP contribution in [0.2, 0.25) is 0 Å². The van der Waals surface area contributed by atoms with Crippen LogP contribution in [0.5, 0.6) is 0 Å². The van der Waals surface area contributed by atoms with Crippen LogP contribution in [0.4, 0.5) is 10.5 Å².